The molecule has 2 aromatic carbocycles. The smallest absolute Gasteiger partial charge is 0.374 e. The summed E-state index contributed by atoms with van der Waals surface area (Å²) in [6.07, 6.45) is -3.34. The molecule has 2 aliphatic heterocycles. The van der Waals surface area contributed by atoms with Gasteiger partial charge in [-0.05, 0) is 56.0 Å². The van der Waals surface area contributed by atoms with Crippen LogP contribution in [-0.4, -0.2) is 86.8 Å². The third-order valence-corrected chi connectivity index (χ3v) is 9.43. The molecule has 0 aromatic heterocycles. The third kappa shape index (κ3) is 7.70. The zero-order valence-corrected chi connectivity index (χ0v) is 26.6. The number of halogens is 4. The number of alkyl halides is 3. The molecule has 2 N–H and O–H groups in total. The highest BCUT2D eigenvalue weighted by Crippen LogP contribution is 2.48. The summed E-state index contributed by atoms with van der Waals surface area (Å²) in [5.74, 6) is -2.85. The Hall–Kier alpha value is -2.68. The minimum absolute atomic E-state index is 0.0286. The number of hydrogen-bond acceptors (Lipinski definition) is 6. The van der Waals surface area contributed by atoms with Gasteiger partial charge in [0, 0.05) is 41.6 Å². The number of likely N-dealkylation sites (tertiary alicyclic amines) is 1. The summed E-state index contributed by atoms with van der Waals surface area (Å²) in [6, 6.07) is 12.7. The summed E-state index contributed by atoms with van der Waals surface area (Å²) >= 11 is 3.46. The van der Waals surface area contributed by atoms with Crippen molar-refractivity contribution in [3.63, 3.8) is 0 Å². The van der Waals surface area contributed by atoms with Crippen molar-refractivity contribution in [2.45, 2.75) is 56.5 Å². The van der Waals surface area contributed by atoms with Crippen LogP contribution in [0.15, 0.2) is 53.0 Å². The molecule has 0 saturated carbocycles. The second-order valence-electron chi connectivity index (χ2n) is 12.0. The maximum absolute atomic E-state index is 14.0. The Morgan fingerprint density at radius 3 is 2.30 bits per heavy atom. The molecule has 0 aliphatic carbocycles. The number of nitrogens with two attached hydrogens (primary N) is 1. The normalized spacial score (nSPS) is 17.6. The van der Waals surface area contributed by atoms with Crippen molar-refractivity contribution < 1.29 is 35.9 Å². The SMILES string of the molecule is CC(C)(N)CN(C(=O)C(F)(F)F)[C@H](COCc1ccccc1)C(=O)N1CCC2(CC1)CN(S(C)(=O)=O)c1ccc(Br)cc12. The van der Waals surface area contributed by atoms with Gasteiger partial charge in [0.15, 0.2) is 0 Å². The second kappa shape index (κ2) is 12.4. The highest BCUT2D eigenvalue weighted by Gasteiger charge is 2.51. The van der Waals surface area contributed by atoms with E-state index >= 15 is 0 Å². The summed E-state index contributed by atoms with van der Waals surface area (Å²) < 4.78 is 74.4. The number of carbonyl (C=O) groups excluding carboxylic acids is 2. The molecule has 4 rings (SSSR count). The van der Waals surface area contributed by atoms with Crippen LogP contribution in [-0.2, 0) is 36.4 Å². The first kappa shape index (κ1) is 33.2. The number of piperidine rings is 1. The zero-order chi connectivity index (χ0) is 31.8. The van der Waals surface area contributed by atoms with E-state index in [1.165, 1.54) is 23.1 Å². The molecule has 2 aliphatic rings. The Morgan fingerprint density at radius 2 is 1.74 bits per heavy atom. The summed E-state index contributed by atoms with van der Waals surface area (Å²) in [5, 5.41) is 0. The monoisotopic (exact) mass is 688 g/mol. The Balaban J connectivity index is 1.60. The molecule has 2 aromatic rings. The number of hydrogen-bond donors (Lipinski definition) is 1. The number of amides is 2. The van der Waals surface area contributed by atoms with E-state index < -0.39 is 58.2 Å². The van der Waals surface area contributed by atoms with E-state index in [9.17, 15) is 31.2 Å². The average Bonchev–Trinajstić information content (AvgIpc) is 3.23. The van der Waals surface area contributed by atoms with Crippen LogP contribution in [0.25, 0.3) is 0 Å². The fourth-order valence-corrected chi connectivity index (χ4v) is 7.13. The van der Waals surface area contributed by atoms with Gasteiger partial charge in [-0.25, -0.2) is 8.42 Å². The fraction of sp³-hybridized carbons (Fsp3) is 0.517. The van der Waals surface area contributed by atoms with Crippen molar-refractivity contribution in [3.8, 4) is 0 Å². The van der Waals surface area contributed by atoms with E-state index in [-0.39, 0.29) is 26.2 Å². The number of ether oxygens (including phenoxy) is 1. The van der Waals surface area contributed by atoms with Crippen LogP contribution in [0.3, 0.4) is 0 Å². The average molecular weight is 690 g/mol. The van der Waals surface area contributed by atoms with Gasteiger partial charge in [-0.2, -0.15) is 13.2 Å². The first-order valence-corrected chi connectivity index (χ1v) is 16.4. The van der Waals surface area contributed by atoms with Crippen LogP contribution in [0, 0.1) is 0 Å². The predicted molar refractivity (Wildman–Crippen MR) is 160 cm³/mol. The molecule has 0 bridgehead atoms. The summed E-state index contributed by atoms with van der Waals surface area (Å²) in [7, 11) is -3.57. The molecule has 0 unspecified atom stereocenters. The van der Waals surface area contributed by atoms with E-state index in [0.717, 1.165) is 21.9 Å². The van der Waals surface area contributed by atoms with Crippen molar-refractivity contribution in [1.82, 2.24) is 9.80 Å². The van der Waals surface area contributed by atoms with Gasteiger partial charge in [0.1, 0.15) is 6.04 Å². The number of benzene rings is 2. The van der Waals surface area contributed by atoms with Crippen LogP contribution in [0.5, 0.6) is 0 Å². The number of nitrogens with zero attached hydrogens (tertiary/aromatic N) is 3. The molecule has 1 atom stereocenters. The molecule has 9 nitrogen and oxygen atoms in total. The Bertz CT molecular complexity index is 1440. The van der Waals surface area contributed by atoms with Crippen LogP contribution >= 0.6 is 15.9 Å². The molecule has 1 spiro atoms. The van der Waals surface area contributed by atoms with Crippen LogP contribution in [0.4, 0.5) is 18.9 Å². The van der Waals surface area contributed by atoms with Crippen molar-refractivity contribution in [3.05, 3.63) is 64.1 Å². The van der Waals surface area contributed by atoms with Crippen molar-refractivity contribution >= 4 is 43.5 Å². The molecule has 1 fully saturated rings. The van der Waals surface area contributed by atoms with E-state index in [1.54, 1.807) is 36.4 Å². The Morgan fingerprint density at radius 1 is 1.12 bits per heavy atom. The minimum atomic E-state index is -5.23. The zero-order valence-electron chi connectivity index (χ0n) is 24.2. The summed E-state index contributed by atoms with van der Waals surface area (Å²) in [4.78, 5) is 28.5. The fourth-order valence-electron chi connectivity index (χ4n) is 5.77. The van der Waals surface area contributed by atoms with E-state index in [2.05, 4.69) is 15.9 Å². The first-order valence-electron chi connectivity index (χ1n) is 13.8. The Kier molecular flexibility index (Phi) is 9.56. The summed E-state index contributed by atoms with van der Waals surface area (Å²) in [6.45, 7) is 2.48. The lowest BCUT2D eigenvalue weighted by Crippen LogP contribution is -2.61. The summed E-state index contributed by atoms with van der Waals surface area (Å²) in [5.41, 5.74) is 6.39. The maximum Gasteiger partial charge on any atom is 0.471 e. The van der Waals surface area contributed by atoms with Gasteiger partial charge in [-0.1, -0.05) is 46.3 Å². The molecule has 236 valence electrons. The largest absolute Gasteiger partial charge is 0.471 e. The minimum Gasteiger partial charge on any atom is -0.374 e. The second-order valence-corrected chi connectivity index (χ2v) is 14.8. The molecular formula is C29H36BrF3N4O5S. The number of anilines is 1. The van der Waals surface area contributed by atoms with Crippen molar-refractivity contribution in [2.75, 3.05) is 43.3 Å². The predicted octanol–water partition coefficient (Wildman–Crippen LogP) is 3.80. The van der Waals surface area contributed by atoms with Crippen molar-refractivity contribution in [2.24, 2.45) is 5.73 Å². The van der Waals surface area contributed by atoms with Crippen LogP contribution in [0.2, 0.25) is 0 Å². The highest BCUT2D eigenvalue weighted by molar-refractivity contribution is 9.10. The number of rotatable bonds is 9. The topological polar surface area (TPSA) is 113 Å². The van der Waals surface area contributed by atoms with E-state index in [1.807, 2.05) is 12.1 Å². The van der Waals surface area contributed by atoms with E-state index in [4.69, 9.17) is 10.5 Å². The standard InChI is InChI=1S/C29H36BrF3N4O5S/c1-27(2,34)18-36(26(39)29(31,32)33)24(17-42-16-20-7-5-4-6-8-20)25(38)35-13-11-28(12-14-35)19-37(43(3,40)41)23-10-9-21(30)15-22(23)28/h4-10,15,24H,11-14,16-19,34H2,1-3H3/t24-/m1/s1. The first-order chi connectivity index (χ1) is 19.9. The van der Waals surface area contributed by atoms with Gasteiger partial charge in [0.25, 0.3) is 0 Å². The van der Waals surface area contributed by atoms with Gasteiger partial charge in [0.05, 0.1) is 25.2 Å². The lowest BCUT2D eigenvalue weighted by molar-refractivity contribution is -0.191. The quantitative estimate of drug-likeness (QED) is 0.429. The lowest BCUT2D eigenvalue weighted by atomic mass is 9.74. The number of fused-ring (bicyclic) bond motifs is 2. The lowest BCUT2D eigenvalue weighted by Gasteiger charge is -2.43. The molecule has 0 radical (unpaired) electrons. The molecule has 2 heterocycles. The van der Waals surface area contributed by atoms with Crippen LogP contribution < -0.4 is 10.0 Å². The van der Waals surface area contributed by atoms with Gasteiger partial charge >= 0.3 is 12.1 Å². The maximum atomic E-state index is 14.0. The molecule has 2 amide bonds. The molecule has 1 saturated heterocycles. The van der Waals surface area contributed by atoms with Gasteiger partial charge in [-0.15, -0.1) is 0 Å². The third-order valence-electron chi connectivity index (χ3n) is 7.81. The van der Waals surface area contributed by atoms with Crippen LogP contribution in [0.1, 0.15) is 37.8 Å². The highest BCUT2D eigenvalue weighted by atomic mass is 79.9. The van der Waals surface area contributed by atoms with Gasteiger partial charge in [0.2, 0.25) is 15.9 Å². The molecule has 43 heavy (non-hydrogen) atoms. The van der Waals surface area contributed by atoms with Gasteiger partial charge < -0.3 is 20.3 Å². The molecular weight excluding hydrogens is 653 g/mol. The number of carbonyl (C=O) groups is 2. The van der Waals surface area contributed by atoms with E-state index in [0.29, 0.717) is 23.4 Å². The van der Waals surface area contributed by atoms with Gasteiger partial charge in [-0.3, -0.25) is 13.9 Å². The number of sulfonamides is 1. The van der Waals surface area contributed by atoms with Crippen molar-refractivity contribution in [1.29, 1.82) is 0 Å². The molecule has 14 heteroatoms. The Labute approximate surface area is 258 Å².